The molecule has 4 heteroatoms. The van der Waals surface area contributed by atoms with Crippen molar-refractivity contribution in [2.75, 3.05) is 7.11 Å². The Balaban J connectivity index is 2.27. The number of esters is 1. The van der Waals surface area contributed by atoms with Crippen LogP contribution >= 0.6 is 0 Å². The van der Waals surface area contributed by atoms with Crippen molar-refractivity contribution in [2.45, 2.75) is 20.8 Å². The van der Waals surface area contributed by atoms with E-state index in [1.165, 1.54) is 7.11 Å². The quantitative estimate of drug-likeness (QED) is 0.649. The van der Waals surface area contributed by atoms with E-state index in [0.717, 1.165) is 27.3 Å². The molecule has 0 aliphatic carbocycles. The first-order valence-electron chi connectivity index (χ1n) is 7.01. The molecule has 1 aliphatic rings. The van der Waals surface area contributed by atoms with Crippen LogP contribution in [0.25, 0.3) is 6.58 Å². The first-order valence-corrected chi connectivity index (χ1v) is 7.01. The summed E-state index contributed by atoms with van der Waals surface area (Å²) in [5.41, 5.74) is 4.30. The normalized spacial score (nSPS) is 11.8. The third-order valence-electron chi connectivity index (χ3n) is 4.20. The second-order valence-electron chi connectivity index (χ2n) is 5.42. The average Bonchev–Trinajstić information content (AvgIpc) is 2.55. The molecule has 0 bridgehead atoms. The number of fused-ring (bicyclic) bond motifs is 2. The van der Waals surface area contributed by atoms with Gasteiger partial charge in [-0.05, 0) is 55.3 Å². The van der Waals surface area contributed by atoms with E-state index in [1.807, 2.05) is 20.8 Å². The number of methoxy groups -OCH3 is 1. The number of benzene rings is 2. The minimum Gasteiger partial charge on any atom is -0.465 e. The molecule has 1 aliphatic heterocycles. The molecule has 0 saturated heterocycles. The second kappa shape index (κ2) is 4.98. The zero-order valence-electron chi connectivity index (χ0n) is 13.1. The van der Waals surface area contributed by atoms with E-state index in [4.69, 9.17) is 14.5 Å². The number of carbonyl (C=O) groups is 1. The standard InChI is InChI=1S/C18H17NO3/c1-9-10(2)12(4)17-16(11(9)3)19-14-7-6-13(18(20)21-5)8-15(14)22-17/h6-8H,2H2,1,3-5H3. The van der Waals surface area contributed by atoms with Crippen LogP contribution in [0, 0.1) is 20.8 Å². The van der Waals surface area contributed by atoms with Crippen LogP contribution in [0.3, 0.4) is 0 Å². The molecule has 0 aromatic heterocycles. The Bertz CT molecular complexity index is 913. The predicted molar refractivity (Wildman–Crippen MR) is 84.5 cm³/mol. The van der Waals surface area contributed by atoms with Gasteiger partial charge in [-0.3, -0.25) is 0 Å². The molecule has 0 atom stereocenters. The Morgan fingerprint density at radius 2 is 1.91 bits per heavy atom. The summed E-state index contributed by atoms with van der Waals surface area (Å²) < 4.78 is 10.8. The Hall–Kier alpha value is -2.62. The van der Waals surface area contributed by atoms with Gasteiger partial charge in [0, 0.05) is 5.56 Å². The molecule has 0 radical (unpaired) electrons. The molecule has 0 spiro atoms. The lowest BCUT2D eigenvalue weighted by atomic mass is 10.0. The van der Waals surface area contributed by atoms with Crippen LogP contribution in [0.4, 0.5) is 5.69 Å². The van der Waals surface area contributed by atoms with E-state index in [0.29, 0.717) is 22.7 Å². The van der Waals surface area contributed by atoms with Gasteiger partial charge in [-0.1, -0.05) is 6.58 Å². The predicted octanol–water partition coefficient (Wildman–Crippen LogP) is 2.87. The monoisotopic (exact) mass is 295 g/mol. The van der Waals surface area contributed by atoms with Crippen molar-refractivity contribution in [3.63, 3.8) is 0 Å². The van der Waals surface area contributed by atoms with E-state index in [2.05, 4.69) is 6.58 Å². The van der Waals surface area contributed by atoms with Crippen LogP contribution in [0.2, 0.25) is 0 Å². The number of carbonyl (C=O) groups excluding carboxylic acids is 1. The molecule has 1 heterocycles. The van der Waals surface area contributed by atoms with Crippen LogP contribution in [-0.4, -0.2) is 13.1 Å². The molecule has 0 fully saturated rings. The molecule has 0 saturated carbocycles. The first-order chi connectivity index (χ1) is 10.4. The van der Waals surface area contributed by atoms with Gasteiger partial charge in [-0.15, -0.1) is 0 Å². The van der Waals surface area contributed by atoms with Gasteiger partial charge in [0.1, 0.15) is 11.0 Å². The molecule has 2 aromatic carbocycles. The average molecular weight is 295 g/mol. The number of rotatable bonds is 1. The summed E-state index contributed by atoms with van der Waals surface area (Å²) >= 11 is 0. The van der Waals surface area contributed by atoms with Gasteiger partial charge in [0.15, 0.2) is 11.5 Å². The highest BCUT2D eigenvalue weighted by Gasteiger charge is 2.19. The fraction of sp³-hybridized carbons (Fsp3) is 0.222. The van der Waals surface area contributed by atoms with Crippen molar-refractivity contribution in [1.82, 2.24) is 0 Å². The van der Waals surface area contributed by atoms with E-state index in [1.54, 1.807) is 18.2 Å². The lowest BCUT2D eigenvalue weighted by molar-refractivity contribution is 0.0600. The van der Waals surface area contributed by atoms with Gasteiger partial charge in [0.05, 0.1) is 12.7 Å². The number of nitrogens with zero attached hydrogens (tertiary/aromatic N) is 1. The Labute approximate surface area is 128 Å². The van der Waals surface area contributed by atoms with Gasteiger partial charge in [0.25, 0.3) is 0 Å². The summed E-state index contributed by atoms with van der Waals surface area (Å²) in [5, 5.41) is 1.79. The van der Waals surface area contributed by atoms with Gasteiger partial charge < -0.3 is 9.47 Å². The fourth-order valence-corrected chi connectivity index (χ4v) is 2.59. The summed E-state index contributed by atoms with van der Waals surface area (Å²) in [6.07, 6.45) is 0. The second-order valence-corrected chi connectivity index (χ2v) is 5.42. The molecule has 2 aromatic rings. The minimum absolute atomic E-state index is 0.396. The summed E-state index contributed by atoms with van der Waals surface area (Å²) in [5.74, 6) is 0.871. The molecule has 3 rings (SSSR count). The Morgan fingerprint density at radius 1 is 1.18 bits per heavy atom. The SMILES string of the molecule is C=c1c(C)c(C)c2c(c1C)Oc1cc(C(=O)OC)ccc1N=2. The molecule has 4 nitrogen and oxygen atoms in total. The van der Waals surface area contributed by atoms with E-state index in [-0.39, 0.29) is 0 Å². The zero-order valence-corrected chi connectivity index (χ0v) is 13.1. The first kappa shape index (κ1) is 14.3. The van der Waals surface area contributed by atoms with Gasteiger partial charge in [-0.2, -0.15) is 0 Å². The summed E-state index contributed by atoms with van der Waals surface area (Å²) in [6, 6.07) is 5.12. The highest BCUT2D eigenvalue weighted by atomic mass is 16.5. The number of ether oxygens (including phenoxy) is 2. The van der Waals surface area contributed by atoms with Gasteiger partial charge >= 0.3 is 5.97 Å². The van der Waals surface area contributed by atoms with Crippen LogP contribution in [0.5, 0.6) is 11.5 Å². The fourth-order valence-electron chi connectivity index (χ4n) is 2.59. The van der Waals surface area contributed by atoms with Crippen LogP contribution in [-0.2, 0) is 4.74 Å². The zero-order chi connectivity index (χ0) is 16.0. The highest BCUT2D eigenvalue weighted by molar-refractivity contribution is 5.90. The minimum atomic E-state index is -0.396. The summed E-state index contributed by atoms with van der Waals surface area (Å²) in [7, 11) is 1.35. The topological polar surface area (TPSA) is 47.9 Å². The third-order valence-corrected chi connectivity index (χ3v) is 4.20. The lowest BCUT2D eigenvalue weighted by Crippen LogP contribution is -2.24. The lowest BCUT2D eigenvalue weighted by Gasteiger charge is -2.19. The maximum Gasteiger partial charge on any atom is 0.337 e. The third kappa shape index (κ3) is 1.99. The smallest absolute Gasteiger partial charge is 0.337 e. The molecule has 0 unspecified atom stereocenters. The van der Waals surface area contributed by atoms with Gasteiger partial charge in [0.2, 0.25) is 0 Å². The van der Waals surface area contributed by atoms with E-state index in [9.17, 15) is 4.79 Å². The van der Waals surface area contributed by atoms with Crippen molar-refractivity contribution < 1.29 is 14.3 Å². The maximum absolute atomic E-state index is 11.6. The molecule has 0 N–H and O–H groups in total. The van der Waals surface area contributed by atoms with Crippen molar-refractivity contribution in [2.24, 2.45) is 4.99 Å². The van der Waals surface area contributed by atoms with Crippen molar-refractivity contribution in [3.8, 4) is 11.5 Å². The molecular formula is C18H17NO3. The summed E-state index contributed by atoms with van der Waals surface area (Å²) in [4.78, 5) is 16.3. The van der Waals surface area contributed by atoms with Gasteiger partial charge in [-0.25, -0.2) is 9.79 Å². The van der Waals surface area contributed by atoms with Crippen LogP contribution in [0.15, 0.2) is 23.2 Å². The van der Waals surface area contributed by atoms with Crippen molar-refractivity contribution in [1.29, 1.82) is 0 Å². The van der Waals surface area contributed by atoms with E-state index >= 15 is 0 Å². The van der Waals surface area contributed by atoms with Crippen molar-refractivity contribution >= 4 is 18.2 Å². The van der Waals surface area contributed by atoms with Crippen molar-refractivity contribution in [3.05, 3.63) is 51.0 Å². The Morgan fingerprint density at radius 3 is 2.59 bits per heavy atom. The summed E-state index contributed by atoms with van der Waals surface area (Å²) in [6.45, 7) is 10.1. The highest BCUT2D eigenvalue weighted by Crippen LogP contribution is 2.36. The Kier molecular flexibility index (Phi) is 3.24. The molecule has 112 valence electrons. The maximum atomic E-state index is 11.6. The largest absolute Gasteiger partial charge is 0.465 e. The van der Waals surface area contributed by atoms with Crippen LogP contribution < -0.4 is 15.3 Å². The van der Waals surface area contributed by atoms with E-state index < -0.39 is 5.97 Å². The number of hydrogen-bond acceptors (Lipinski definition) is 4. The number of hydrogen-bond donors (Lipinski definition) is 0. The van der Waals surface area contributed by atoms with Crippen LogP contribution in [0.1, 0.15) is 27.0 Å². The molecule has 0 amide bonds. The molecule has 22 heavy (non-hydrogen) atoms. The molecular weight excluding hydrogens is 278 g/mol.